The summed E-state index contributed by atoms with van der Waals surface area (Å²) in [6.07, 6.45) is 62.0. The van der Waals surface area contributed by atoms with Crippen molar-refractivity contribution in [3.63, 3.8) is 0 Å². The molecule has 54 heavy (non-hydrogen) atoms. The molecule has 0 spiro atoms. The highest BCUT2D eigenvalue weighted by Crippen LogP contribution is 2.19. The monoisotopic (exact) mass is 765 g/mol. The molecule has 3 nitrogen and oxygen atoms in total. The highest BCUT2D eigenvalue weighted by atomic mass is 16.8. The van der Waals surface area contributed by atoms with Crippen LogP contribution in [-0.4, -0.2) is 24.3 Å². The Balaban J connectivity index is 3.32. The SMILES string of the molecule is CCCCCCCCCCCCCCCCCCCCCCCCCOC(O)(CC)OCCCCCCCCCCCCCCCCCCCCCCC. The molecule has 0 saturated carbocycles. The number of aliphatic hydroxyl groups is 1. The normalized spacial score (nSPS) is 12.9. The molecule has 0 aliphatic heterocycles. The van der Waals surface area contributed by atoms with Crippen molar-refractivity contribution in [1.82, 2.24) is 0 Å². The van der Waals surface area contributed by atoms with Crippen LogP contribution in [0.1, 0.15) is 310 Å². The Bertz CT molecular complexity index is 653. The molecule has 0 heterocycles. The molecule has 0 aliphatic carbocycles. The average Bonchev–Trinajstić information content (AvgIpc) is 3.18. The molecule has 3 heteroatoms. The van der Waals surface area contributed by atoms with Crippen molar-refractivity contribution in [2.75, 3.05) is 13.2 Å². The average molecular weight is 765 g/mol. The van der Waals surface area contributed by atoms with Crippen LogP contribution in [0.5, 0.6) is 0 Å². The van der Waals surface area contributed by atoms with E-state index >= 15 is 0 Å². The summed E-state index contributed by atoms with van der Waals surface area (Å²) in [4.78, 5) is 0. The van der Waals surface area contributed by atoms with Crippen LogP contribution in [0.15, 0.2) is 0 Å². The second kappa shape index (κ2) is 47.3. The van der Waals surface area contributed by atoms with E-state index in [1.165, 1.54) is 270 Å². The predicted octanol–water partition coefficient (Wildman–Crippen LogP) is 18.3. The van der Waals surface area contributed by atoms with Crippen molar-refractivity contribution in [2.45, 2.75) is 316 Å². The first-order chi connectivity index (χ1) is 26.7. The summed E-state index contributed by atoms with van der Waals surface area (Å²) >= 11 is 0. The van der Waals surface area contributed by atoms with Crippen LogP contribution in [0.25, 0.3) is 0 Å². The molecular weight excluding hydrogens is 661 g/mol. The second-order valence-corrected chi connectivity index (χ2v) is 17.6. The molecule has 0 aromatic heterocycles. The molecular formula is C51H104O3. The number of rotatable bonds is 49. The van der Waals surface area contributed by atoms with Gasteiger partial charge < -0.3 is 14.6 Å². The van der Waals surface area contributed by atoms with Crippen molar-refractivity contribution in [1.29, 1.82) is 0 Å². The summed E-state index contributed by atoms with van der Waals surface area (Å²) in [7, 11) is 0. The molecule has 1 atom stereocenters. The third-order valence-electron chi connectivity index (χ3n) is 12.1. The van der Waals surface area contributed by atoms with Gasteiger partial charge in [-0.2, -0.15) is 0 Å². The van der Waals surface area contributed by atoms with E-state index < -0.39 is 5.97 Å². The second-order valence-electron chi connectivity index (χ2n) is 17.6. The highest BCUT2D eigenvalue weighted by molar-refractivity contribution is 4.56. The van der Waals surface area contributed by atoms with E-state index in [0.29, 0.717) is 19.6 Å². The van der Waals surface area contributed by atoms with Crippen LogP contribution >= 0.6 is 0 Å². The van der Waals surface area contributed by atoms with Gasteiger partial charge in [-0.05, 0) is 12.8 Å². The lowest BCUT2D eigenvalue weighted by Crippen LogP contribution is -2.35. The van der Waals surface area contributed by atoms with E-state index in [9.17, 15) is 5.11 Å². The number of ether oxygens (including phenoxy) is 2. The summed E-state index contributed by atoms with van der Waals surface area (Å²) in [5.41, 5.74) is 0. The minimum atomic E-state index is -1.39. The van der Waals surface area contributed by atoms with Crippen LogP contribution in [0.2, 0.25) is 0 Å². The van der Waals surface area contributed by atoms with Gasteiger partial charge in [-0.15, -0.1) is 0 Å². The standard InChI is InChI=1S/C51H104O3/c1-4-7-9-11-13-15-17-19-21-23-25-27-28-30-32-34-36-38-40-42-44-46-48-50-54-51(52,6-3)53-49-47-45-43-41-39-37-35-33-31-29-26-24-22-20-18-16-14-12-10-8-5-2/h52H,4-50H2,1-3H3. The molecule has 326 valence electrons. The smallest absolute Gasteiger partial charge is 0.280 e. The first-order valence-electron chi connectivity index (χ1n) is 25.7. The van der Waals surface area contributed by atoms with E-state index in [1.807, 2.05) is 6.92 Å². The Hall–Kier alpha value is -0.120. The summed E-state index contributed by atoms with van der Waals surface area (Å²) in [5.74, 6) is -1.39. The first kappa shape index (κ1) is 53.9. The minimum Gasteiger partial charge on any atom is -0.343 e. The molecule has 0 saturated heterocycles. The maximum absolute atomic E-state index is 10.7. The molecule has 0 amide bonds. The summed E-state index contributed by atoms with van der Waals surface area (Å²) in [6.45, 7) is 7.76. The van der Waals surface area contributed by atoms with Crippen LogP contribution in [0.3, 0.4) is 0 Å². The van der Waals surface area contributed by atoms with Gasteiger partial charge in [0, 0.05) is 6.42 Å². The largest absolute Gasteiger partial charge is 0.343 e. The molecule has 0 aromatic carbocycles. The highest BCUT2D eigenvalue weighted by Gasteiger charge is 2.26. The van der Waals surface area contributed by atoms with Gasteiger partial charge in [0.25, 0.3) is 5.97 Å². The Morgan fingerprint density at radius 1 is 0.241 bits per heavy atom. The van der Waals surface area contributed by atoms with Gasteiger partial charge in [0.2, 0.25) is 0 Å². The van der Waals surface area contributed by atoms with Crippen molar-refractivity contribution in [3.05, 3.63) is 0 Å². The van der Waals surface area contributed by atoms with E-state index in [1.54, 1.807) is 0 Å². The van der Waals surface area contributed by atoms with Crippen LogP contribution < -0.4 is 0 Å². The third-order valence-corrected chi connectivity index (χ3v) is 12.1. The minimum absolute atomic E-state index is 0.492. The van der Waals surface area contributed by atoms with Crippen molar-refractivity contribution in [2.24, 2.45) is 0 Å². The van der Waals surface area contributed by atoms with E-state index in [-0.39, 0.29) is 0 Å². The maximum atomic E-state index is 10.7. The van der Waals surface area contributed by atoms with Gasteiger partial charge in [0.1, 0.15) is 0 Å². The molecule has 0 aromatic rings. The molecule has 1 N–H and O–H groups in total. The zero-order valence-corrected chi connectivity index (χ0v) is 38.0. The quantitative estimate of drug-likeness (QED) is 0.0495. The van der Waals surface area contributed by atoms with Gasteiger partial charge in [0.05, 0.1) is 13.2 Å². The van der Waals surface area contributed by atoms with Crippen LogP contribution in [0, 0.1) is 0 Å². The lowest BCUT2D eigenvalue weighted by molar-refractivity contribution is -0.361. The van der Waals surface area contributed by atoms with Crippen LogP contribution in [-0.2, 0) is 9.47 Å². The molecule has 1 unspecified atom stereocenters. The first-order valence-corrected chi connectivity index (χ1v) is 25.7. The topological polar surface area (TPSA) is 38.7 Å². The van der Waals surface area contributed by atoms with Crippen molar-refractivity contribution < 1.29 is 14.6 Å². The molecule has 0 fully saturated rings. The molecule has 0 radical (unpaired) electrons. The molecule has 0 rings (SSSR count). The van der Waals surface area contributed by atoms with Gasteiger partial charge in [-0.25, -0.2) is 0 Å². The van der Waals surface area contributed by atoms with Gasteiger partial charge in [-0.3, -0.25) is 0 Å². The van der Waals surface area contributed by atoms with E-state index in [4.69, 9.17) is 9.47 Å². The predicted molar refractivity (Wildman–Crippen MR) is 242 cm³/mol. The number of hydrogen-bond donors (Lipinski definition) is 1. The van der Waals surface area contributed by atoms with Crippen molar-refractivity contribution in [3.8, 4) is 0 Å². The summed E-state index contributed by atoms with van der Waals surface area (Å²) in [6, 6.07) is 0. The van der Waals surface area contributed by atoms with Gasteiger partial charge >= 0.3 is 0 Å². The maximum Gasteiger partial charge on any atom is 0.280 e. The lowest BCUT2D eigenvalue weighted by Gasteiger charge is -2.26. The lowest BCUT2D eigenvalue weighted by atomic mass is 10.0. The Morgan fingerprint density at radius 2 is 0.389 bits per heavy atom. The fraction of sp³-hybridized carbons (Fsp3) is 1.00. The Labute approximate surface area is 342 Å². The fourth-order valence-corrected chi connectivity index (χ4v) is 8.13. The number of hydrogen-bond acceptors (Lipinski definition) is 3. The summed E-state index contributed by atoms with van der Waals surface area (Å²) < 4.78 is 11.6. The Morgan fingerprint density at radius 3 is 0.537 bits per heavy atom. The fourth-order valence-electron chi connectivity index (χ4n) is 8.13. The number of unbranched alkanes of at least 4 members (excludes halogenated alkanes) is 42. The molecule has 0 bridgehead atoms. The Kier molecular flexibility index (Phi) is 47.2. The summed E-state index contributed by atoms with van der Waals surface area (Å²) in [5, 5.41) is 10.7. The van der Waals surface area contributed by atoms with Crippen LogP contribution in [0.4, 0.5) is 0 Å². The van der Waals surface area contributed by atoms with E-state index in [2.05, 4.69) is 13.8 Å². The zero-order valence-electron chi connectivity index (χ0n) is 38.0. The molecule has 0 aliphatic rings. The van der Waals surface area contributed by atoms with Gasteiger partial charge in [-0.1, -0.05) is 290 Å². The third kappa shape index (κ3) is 44.6. The van der Waals surface area contributed by atoms with E-state index in [0.717, 1.165) is 12.8 Å². The zero-order chi connectivity index (χ0) is 39.1. The van der Waals surface area contributed by atoms with Gasteiger partial charge in [0.15, 0.2) is 0 Å². The van der Waals surface area contributed by atoms with Crippen molar-refractivity contribution >= 4 is 0 Å².